The molecular formula is C23H17N3O3. The highest BCUT2D eigenvalue weighted by Crippen LogP contribution is 2.18. The van der Waals surface area contributed by atoms with Gasteiger partial charge in [-0.2, -0.15) is 0 Å². The molecule has 142 valence electrons. The molecule has 0 aliphatic carbocycles. The molecule has 6 heteroatoms. The third-order valence-corrected chi connectivity index (χ3v) is 4.62. The van der Waals surface area contributed by atoms with Crippen molar-refractivity contribution in [2.45, 2.75) is 6.92 Å². The van der Waals surface area contributed by atoms with E-state index in [9.17, 15) is 14.9 Å². The minimum atomic E-state index is -0.469. The lowest BCUT2D eigenvalue weighted by Crippen LogP contribution is -2.22. The summed E-state index contributed by atoms with van der Waals surface area (Å²) in [4.78, 5) is 28.3. The van der Waals surface area contributed by atoms with Crippen molar-refractivity contribution in [2.75, 3.05) is 0 Å². The molecule has 0 unspecified atom stereocenters. The second-order valence-corrected chi connectivity index (χ2v) is 6.65. The third kappa shape index (κ3) is 3.68. The molecule has 1 aromatic heterocycles. The van der Waals surface area contributed by atoms with Gasteiger partial charge in [-0.15, -0.1) is 0 Å². The second-order valence-electron chi connectivity index (χ2n) is 6.65. The fourth-order valence-corrected chi connectivity index (χ4v) is 3.08. The smallest absolute Gasteiger partial charge is 0.268 e. The van der Waals surface area contributed by atoms with Gasteiger partial charge in [0.2, 0.25) is 0 Å². The van der Waals surface area contributed by atoms with Crippen LogP contribution in [-0.2, 0) is 0 Å². The summed E-state index contributed by atoms with van der Waals surface area (Å²) >= 11 is 0. The van der Waals surface area contributed by atoms with Crippen LogP contribution in [0.2, 0.25) is 0 Å². The van der Waals surface area contributed by atoms with Crippen molar-refractivity contribution >= 4 is 28.7 Å². The summed E-state index contributed by atoms with van der Waals surface area (Å²) in [5.74, 6) is 0.447. The Morgan fingerprint density at radius 2 is 1.62 bits per heavy atom. The molecule has 0 aliphatic heterocycles. The highest BCUT2D eigenvalue weighted by molar-refractivity contribution is 5.80. The first-order valence-electron chi connectivity index (χ1n) is 9.04. The van der Waals surface area contributed by atoms with Gasteiger partial charge in [-0.05, 0) is 42.8 Å². The standard InChI is InChI=1S/C23H17N3O3/c1-16-6-8-17(9-7-16)10-15-22-24-21-5-3-2-4-20(21)23(27)25(22)18-11-13-19(14-12-18)26(28)29/h2-15H,1H3/b15-10+. The number of benzene rings is 3. The van der Waals surface area contributed by atoms with Crippen molar-refractivity contribution in [3.05, 3.63) is 110 Å². The Kier molecular flexibility index (Phi) is 4.75. The van der Waals surface area contributed by atoms with Crippen molar-refractivity contribution in [2.24, 2.45) is 0 Å². The summed E-state index contributed by atoms with van der Waals surface area (Å²) in [6.45, 7) is 2.02. The molecule has 0 fully saturated rings. The van der Waals surface area contributed by atoms with Gasteiger partial charge in [-0.1, -0.05) is 48.0 Å². The SMILES string of the molecule is Cc1ccc(/C=C/c2nc3ccccc3c(=O)n2-c2ccc([N+](=O)[O-])cc2)cc1. The van der Waals surface area contributed by atoms with Crippen molar-refractivity contribution in [1.29, 1.82) is 0 Å². The van der Waals surface area contributed by atoms with Gasteiger partial charge in [-0.25, -0.2) is 4.98 Å². The quantitative estimate of drug-likeness (QED) is 0.375. The lowest BCUT2D eigenvalue weighted by Gasteiger charge is -2.11. The first-order valence-corrected chi connectivity index (χ1v) is 9.04. The Labute approximate surface area is 166 Å². The number of fused-ring (bicyclic) bond motifs is 1. The minimum absolute atomic E-state index is 0.0349. The van der Waals surface area contributed by atoms with Gasteiger partial charge in [0.25, 0.3) is 11.2 Å². The van der Waals surface area contributed by atoms with Crippen LogP contribution in [-0.4, -0.2) is 14.5 Å². The minimum Gasteiger partial charge on any atom is -0.268 e. The van der Waals surface area contributed by atoms with Crippen LogP contribution in [0.4, 0.5) is 5.69 Å². The predicted octanol–water partition coefficient (Wildman–Crippen LogP) is 4.77. The number of hydrogen-bond donors (Lipinski definition) is 0. The molecule has 0 amide bonds. The zero-order chi connectivity index (χ0) is 20.4. The number of nitrogens with zero attached hydrogens (tertiary/aromatic N) is 3. The van der Waals surface area contributed by atoms with E-state index in [0.717, 1.165) is 11.1 Å². The Morgan fingerprint density at radius 1 is 0.931 bits per heavy atom. The Bertz CT molecular complexity index is 1290. The van der Waals surface area contributed by atoms with Crippen LogP contribution in [0.25, 0.3) is 28.7 Å². The van der Waals surface area contributed by atoms with Crippen molar-refractivity contribution in [1.82, 2.24) is 9.55 Å². The maximum atomic E-state index is 13.2. The first-order chi connectivity index (χ1) is 14.0. The molecule has 0 bridgehead atoms. The molecule has 0 radical (unpaired) electrons. The Hall–Kier alpha value is -4.06. The van der Waals surface area contributed by atoms with Crippen LogP contribution in [0.5, 0.6) is 0 Å². The van der Waals surface area contributed by atoms with Crippen LogP contribution < -0.4 is 5.56 Å². The molecule has 4 aromatic rings. The van der Waals surface area contributed by atoms with E-state index < -0.39 is 4.92 Å². The molecule has 0 N–H and O–H groups in total. The topological polar surface area (TPSA) is 78.0 Å². The van der Waals surface area contributed by atoms with Crippen LogP contribution in [0.1, 0.15) is 17.0 Å². The zero-order valence-electron chi connectivity index (χ0n) is 15.6. The number of hydrogen-bond acceptors (Lipinski definition) is 4. The molecular weight excluding hydrogens is 366 g/mol. The fourth-order valence-electron chi connectivity index (χ4n) is 3.08. The van der Waals surface area contributed by atoms with Gasteiger partial charge >= 0.3 is 0 Å². The zero-order valence-corrected chi connectivity index (χ0v) is 15.6. The normalized spacial score (nSPS) is 11.2. The third-order valence-electron chi connectivity index (χ3n) is 4.62. The molecule has 0 aliphatic rings. The molecule has 4 rings (SSSR count). The molecule has 0 saturated carbocycles. The Morgan fingerprint density at radius 3 is 2.31 bits per heavy atom. The van der Waals surface area contributed by atoms with Crippen LogP contribution in [0.3, 0.4) is 0 Å². The van der Waals surface area contributed by atoms with Gasteiger partial charge in [0.1, 0.15) is 5.82 Å². The largest absolute Gasteiger partial charge is 0.269 e. The van der Waals surface area contributed by atoms with E-state index in [4.69, 9.17) is 0 Å². The van der Waals surface area contributed by atoms with E-state index in [-0.39, 0.29) is 11.2 Å². The summed E-state index contributed by atoms with van der Waals surface area (Å²) in [5, 5.41) is 11.4. The number of para-hydroxylation sites is 1. The maximum absolute atomic E-state index is 13.2. The van der Waals surface area contributed by atoms with Gasteiger partial charge in [-0.3, -0.25) is 19.5 Å². The van der Waals surface area contributed by atoms with Crippen molar-refractivity contribution in [3.63, 3.8) is 0 Å². The van der Waals surface area contributed by atoms with Crippen molar-refractivity contribution < 1.29 is 4.92 Å². The molecule has 29 heavy (non-hydrogen) atoms. The second kappa shape index (κ2) is 7.52. The van der Waals surface area contributed by atoms with Gasteiger partial charge in [0.05, 0.1) is 21.5 Å². The number of aromatic nitrogens is 2. The van der Waals surface area contributed by atoms with Gasteiger partial charge in [0.15, 0.2) is 0 Å². The van der Waals surface area contributed by atoms with Crippen molar-refractivity contribution in [3.8, 4) is 5.69 Å². The average Bonchev–Trinajstić information content (AvgIpc) is 2.73. The molecule has 0 atom stereocenters. The number of aryl methyl sites for hydroxylation is 1. The predicted molar refractivity (Wildman–Crippen MR) is 114 cm³/mol. The van der Waals surface area contributed by atoms with E-state index in [1.54, 1.807) is 36.4 Å². The lowest BCUT2D eigenvalue weighted by atomic mass is 10.1. The van der Waals surface area contributed by atoms with Gasteiger partial charge < -0.3 is 0 Å². The summed E-state index contributed by atoms with van der Waals surface area (Å²) < 4.78 is 1.47. The van der Waals surface area contributed by atoms with Crippen LogP contribution in [0.15, 0.2) is 77.6 Å². The maximum Gasteiger partial charge on any atom is 0.269 e. The molecule has 3 aromatic carbocycles. The van der Waals surface area contributed by atoms with Gasteiger partial charge in [0, 0.05) is 12.1 Å². The highest BCUT2D eigenvalue weighted by Gasteiger charge is 2.12. The van der Waals surface area contributed by atoms with E-state index in [0.29, 0.717) is 22.4 Å². The van der Waals surface area contributed by atoms with E-state index in [1.165, 1.54) is 16.7 Å². The summed E-state index contributed by atoms with van der Waals surface area (Å²) in [7, 11) is 0. The summed E-state index contributed by atoms with van der Waals surface area (Å²) in [6.07, 6.45) is 3.66. The summed E-state index contributed by atoms with van der Waals surface area (Å²) in [6, 6.07) is 21.0. The molecule has 1 heterocycles. The lowest BCUT2D eigenvalue weighted by molar-refractivity contribution is -0.384. The number of rotatable bonds is 4. The molecule has 0 saturated heterocycles. The van der Waals surface area contributed by atoms with E-state index >= 15 is 0 Å². The first kappa shape index (κ1) is 18.3. The van der Waals surface area contributed by atoms with E-state index in [2.05, 4.69) is 4.98 Å². The monoisotopic (exact) mass is 383 g/mol. The average molecular weight is 383 g/mol. The van der Waals surface area contributed by atoms with E-state index in [1.807, 2.05) is 43.3 Å². The highest BCUT2D eigenvalue weighted by atomic mass is 16.6. The number of non-ortho nitro benzene ring substituents is 1. The summed E-state index contributed by atoms with van der Waals surface area (Å²) in [5.41, 5.74) is 2.99. The van der Waals surface area contributed by atoms with Crippen LogP contribution in [0, 0.1) is 17.0 Å². The molecule has 6 nitrogen and oxygen atoms in total. The fraction of sp³-hybridized carbons (Fsp3) is 0.0435. The Balaban J connectivity index is 1.89. The molecule has 0 spiro atoms. The number of nitro benzene ring substituents is 1. The van der Waals surface area contributed by atoms with Crippen LogP contribution >= 0.6 is 0 Å². The number of nitro groups is 1.